The minimum absolute atomic E-state index is 0.121. The fourth-order valence-electron chi connectivity index (χ4n) is 5.30. The van der Waals surface area contributed by atoms with Crippen LogP contribution in [0.2, 0.25) is 0 Å². The van der Waals surface area contributed by atoms with Crippen molar-refractivity contribution in [1.29, 1.82) is 0 Å². The molecule has 41 heavy (non-hydrogen) atoms. The molecule has 7 rings (SSSR count). The average Bonchev–Trinajstić information content (AvgIpc) is 3.56. The van der Waals surface area contributed by atoms with Gasteiger partial charge in [-0.3, -0.25) is 19.2 Å². The predicted octanol–water partition coefficient (Wildman–Crippen LogP) is 5.09. The monoisotopic (exact) mass is 580 g/mol. The third-order valence-corrected chi connectivity index (χ3v) is 8.94. The molecular weight excluding hydrogens is 564 g/mol. The van der Waals surface area contributed by atoms with Crippen LogP contribution in [0, 0.1) is 0 Å². The van der Waals surface area contributed by atoms with E-state index in [0.717, 1.165) is 21.1 Å². The van der Waals surface area contributed by atoms with Crippen LogP contribution in [-0.4, -0.2) is 34.7 Å². The summed E-state index contributed by atoms with van der Waals surface area (Å²) in [6, 6.07) is 15.3. The lowest BCUT2D eigenvalue weighted by Crippen LogP contribution is -2.43. The van der Waals surface area contributed by atoms with E-state index in [1.807, 2.05) is 0 Å². The molecule has 0 radical (unpaired) electrons. The van der Waals surface area contributed by atoms with Crippen LogP contribution in [-0.2, 0) is 0 Å². The molecule has 0 unspecified atom stereocenters. The third kappa shape index (κ3) is 3.38. The smallest absolute Gasteiger partial charge is 0.335 e. The number of nitrogen functional groups attached to an aromatic ring is 2. The van der Waals surface area contributed by atoms with Gasteiger partial charge < -0.3 is 16.6 Å². The van der Waals surface area contributed by atoms with E-state index in [1.54, 1.807) is 29.6 Å². The van der Waals surface area contributed by atoms with E-state index in [-0.39, 0.29) is 55.0 Å². The number of benzene rings is 3. The summed E-state index contributed by atoms with van der Waals surface area (Å²) in [5.41, 5.74) is 14.2. The molecule has 0 saturated heterocycles. The predicted molar refractivity (Wildman–Crippen MR) is 156 cm³/mol. The van der Waals surface area contributed by atoms with Crippen molar-refractivity contribution in [2.45, 2.75) is 0 Å². The summed E-state index contributed by atoms with van der Waals surface area (Å²) in [4.78, 5) is 68.5. The quantitative estimate of drug-likeness (QED) is 0.247. The van der Waals surface area contributed by atoms with Gasteiger partial charge in [0.05, 0.1) is 16.9 Å². The molecule has 0 fully saturated rings. The summed E-state index contributed by atoms with van der Waals surface area (Å²) >= 11 is 2.35. The molecule has 3 aromatic carbocycles. The van der Waals surface area contributed by atoms with Crippen LogP contribution in [0.5, 0.6) is 0 Å². The Morgan fingerprint density at radius 1 is 0.659 bits per heavy atom. The number of carbonyl (C=O) groups is 5. The minimum atomic E-state index is -1.06. The highest BCUT2D eigenvalue weighted by atomic mass is 32.1. The summed E-state index contributed by atoms with van der Waals surface area (Å²) in [5.74, 6) is -3.54. The molecule has 12 heteroatoms. The highest BCUT2D eigenvalue weighted by molar-refractivity contribution is 7.20. The highest BCUT2D eigenvalue weighted by Gasteiger charge is 2.41. The molecule has 0 atom stereocenters. The molecule has 0 saturated carbocycles. The molecule has 0 aliphatic carbocycles. The van der Waals surface area contributed by atoms with Crippen LogP contribution in [0.3, 0.4) is 0 Å². The number of rotatable bonds is 4. The Morgan fingerprint density at radius 3 is 1.59 bits per heavy atom. The van der Waals surface area contributed by atoms with Gasteiger partial charge in [0, 0.05) is 37.9 Å². The van der Waals surface area contributed by atoms with Gasteiger partial charge in [0.2, 0.25) is 0 Å². The number of carbonyl (C=O) groups excluding carboxylic acids is 4. The van der Waals surface area contributed by atoms with Crippen LogP contribution < -0.4 is 21.3 Å². The number of nitrogens with zero attached hydrogens (tertiary/aromatic N) is 2. The van der Waals surface area contributed by atoms with Crippen LogP contribution >= 0.6 is 22.7 Å². The first-order valence-corrected chi connectivity index (χ1v) is 13.8. The summed E-state index contributed by atoms with van der Waals surface area (Å²) < 4.78 is 0. The molecule has 4 heterocycles. The van der Waals surface area contributed by atoms with E-state index in [2.05, 4.69) is 0 Å². The van der Waals surface area contributed by atoms with Crippen molar-refractivity contribution >= 4 is 84.4 Å². The average molecular weight is 581 g/mol. The number of carboxylic acids is 1. The topological polar surface area (TPSA) is 164 Å². The van der Waals surface area contributed by atoms with Gasteiger partial charge in [0.25, 0.3) is 23.6 Å². The number of anilines is 4. The molecule has 2 aliphatic heterocycles. The van der Waals surface area contributed by atoms with Gasteiger partial charge in [-0.2, -0.15) is 0 Å². The van der Waals surface area contributed by atoms with E-state index in [0.29, 0.717) is 15.4 Å². The Morgan fingerprint density at radius 2 is 1.15 bits per heavy atom. The van der Waals surface area contributed by atoms with Gasteiger partial charge in [-0.15, -0.1) is 22.7 Å². The van der Waals surface area contributed by atoms with Gasteiger partial charge in [-0.05, 0) is 59.5 Å². The molecule has 4 amide bonds. The molecule has 2 aliphatic rings. The van der Waals surface area contributed by atoms with Crippen molar-refractivity contribution in [3.63, 3.8) is 0 Å². The maximum absolute atomic E-state index is 13.8. The molecule has 5 N–H and O–H groups in total. The first-order valence-electron chi connectivity index (χ1n) is 12.1. The van der Waals surface area contributed by atoms with Gasteiger partial charge in [-0.25, -0.2) is 14.6 Å². The van der Waals surface area contributed by atoms with Crippen molar-refractivity contribution in [3.8, 4) is 10.4 Å². The molecule has 10 nitrogen and oxygen atoms in total. The number of amides is 4. The van der Waals surface area contributed by atoms with Gasteiger partial charge >= 0.3 is 5.97 Å². The number of hydrogen-bond acceptors (Lipinski definition) is 9. The summed E-state index contributed by atoms with van der Waals surface area (Å²) in [7, 11) is 0. The third-order valence-electron chi connectivity index (χ3n) is 7.21. The number of aromatic carboxylic acids is 1. The maximum atomic E-state index is 13.8. The van der Waals surface area contributed by atoms with Crippen LogP contribution in [0.15, 0.2) is 66.0 Å². The molecular formula is C29H16N4O6S2. The van der Waals surface area contributed by atoms with E-state index in [1.165, 1.54) is 47.7 Å². The fourth-order valence-corrected chi connectivity index (χ4v) is 6.84. The van der Waals surface area contributed by atoms with E-state index in [4.69, 9.17) is 11.5 Å². The zero-order valence-electron chi connectivity index (χ0n) is 20.7. The van der Waals surface area contributed by atoms with Gasteiger partial charge in [0.15, 0.2) is 0 Å². The number of hydrogen-bond donors (Lipinski definition) is 3. The Kier molecular flexibility index (Phi) is 5.17. The van der Waals surface area contributed by atoms with Crippen molar-refractivity contribution in [2.75, 3.05) is 21.3 Å². The Labute approximate surface area is 238 Å². The molecule has 2 aromatic heterocycles. The first kappa shape index (κ1) is 24.7. The SMILES string of the molecule is Nc1sccc1N1C(=O)c2ccc3c4c(ccc(c24)C1=O)C(=O)N(c1cc(-c2ccc(C(=O)O)cc2)sc1N)C3=O. The largest absolute Gasteiger partial charge is 0.478 e. The van der Waals surface area contributed by atoms with Crippen LogP contribution in [0.1, 0.15) is 51.8 Å². The number of carboxylic acid groups (broad SMARTS) is 1. The zero-order chi connectivity index (χ0) is 28.7. The minimum Gasteiger partial charge on any atom is -0.478 e. The summed E-state index contributed by atoms with van der Waals surface area (Å²) in [6.45, 7) is 0. The van der Waals surface area contributed by atoms with Crippen molar-refractivity contribution in [1.82, 2.24) is 0 Å². The Bertz CT molecular complexity index is 1970. The lowest BCUT2D eigenvalue weighted by atomic mass is 9.85. The summed E-state index contributed by atoms with van der Waals surface area (Å²) in [6.07, 6.45) is 0. The molecule has 5 aromatic rings. The van der Waals surface area contributed by atoms with Crippen LogP contribution in [0.25, 0.3) is 21.2 Å². The standard InChI is InChI=1S/C29H16N4O6S2/c30-23-18(9-10-40-23)32-25(34)14-5-7-16-22-17(8-6-15(21(14)22)26(32)35)28(37)33(27(16)36)19-11-20(41-24(19)31)12-1-3-13(4-2-12)29(38)39/h1-11H,30-31H2,(H,38,39). The van der Waals surface area contributed by atoms with Crippen molar-refractivity contribution < 1.29 is 29.1 Å². The molecule has 200 valence electrons. The number of nitrogens with two attached hydrogens (primary N) is 2. The van der Waals surface area contributed by atoms with Gasteiger partial charge in [-0.1, -0.05) is 12.1 Å². The van der Waals surface area contributed by atoms with E-state index >= 15 is 0 Å². The van der Waals surface area contributed by atoms with Crippen LogP contribution in [0.4, 0.5) is 21.4 Å². The fraction of sp³-hybridized carbons (Fsp3) is 0. The Hall–Kier alpha value is -5.33. The lowest BCUT2D eigenvalue weighted by Gasteiger charge is -2.31. The molecule has 0 spiro atoms. The zero-order valence-corrected chi connectivity index (χ0v) is 22.3. The van der Waals surface area contributed by atoms with Crippen molar-refractivity contribution in [2.24, 2.45) is 0 Å². The highest BCUT2D eigenvalue weighted by Crippen LogP contribution is 2.45. The number of imide groups is 2. The second-order valence-corrected chi connectivity index (χ2v) is 11.4. The normalized spacial score (nSPS) is 14.3. The van der Waals surface area contributed by atoms with Crippen molar-refractivity contribution in [3.05, 3.63) is 93.9 Å². The maximum Gasteiger partial charge on any atom is 0.335 e. The summed E-state index contributed by atoms with van der Waals surface area (Å²) in [5, 5.41) is 11.9. The van der Waals surface area contributed by atoms with E-state index < -0.39 is 29.6 Å². The molecule has 0 bridgehead atoms. The van der Waals surface area contributed by atoms with Gasteiger partial charge in [0.1, 0.15) is 10.0 Å². The first-order chi connectivity index (χ1) is 19.7. The number of thiophene rings is 2. The Balaban J connectivity index is 1.34. The second kappa shape index (κ2) is 8.58. The lowest BCUT2D eigenvalue weighted by molar-refractivity contribution is 0.0695. The van der Waals surface area contributed by atoms with E-state index in [9.17, 15) is 29.1 Å². The second-order valence-electron chi connectivity index (χ2n) is 9.38.